The fourth-order valence-electron chi connectivity index (χ4n) is 3.09. The Kier molecular flexibility index (Phi) is 8.21. The third-order valence-corrected chi connectivity index (χ3v) is 4.78. The van der Waals surface area contributed by atoms with E-state index in [0.717, 1.165) is 19.3 Å². The average Bonchev–Trinajstić information content (AvgIpc) is 3.04. The minimum absolute atomic E-state index is 0.0119. The van der Waals surface area contributed by atoms with E-state index in [1.54, 1.807) is 0 Å². The number of hydrogen-bond donors (Lipinski definition) is 2. The third kappa shape index (κ3) is 5.70. The average molecular weight is 438 g/mol. The van der Waals surface area contributed by atoms with Crippen molar-refractivity contribution in [2.75, 3.05) is 6.61 Å². The zero-order valence-corrected chi connectivity index (χ0v) is 16.4. The van der Waals surface area contributed by atoms with Gasteiger partial charge in [0.2, 0.25) is 0 Å². The van der Waals surface area contributed by atoms with Gasteiger partial charge in [-0.1, -0.05) is 26.2 Å². The van der Waals surface area contributed by atoms with Gasteiger partial charge in [0.25, 0.3) is 5.56 Å². The highest BCUT2D eigenvalue weighted by atomic mass is 19.4. The predicted molar refractivity (Wildman–Crippen MR) is 96.4 cm³/mol. The highest BCUT2D eigenvalue weighted by Gasteiger charge is 2.40. The molecule has 9 nitrogen and oxygen atoms in total. The molecule has 3 atom stereocenters. The Morgan fingerprint density at radius 1 is 1.30 bits per heavy atom. The Balaban J connectivity index is 2.30. The van der Waals surface area contributed by atoms with Gasteiger partial charge in [0.15, 0.2) is 6.73 Å². The van der Waals surface area contributed by atoms with Crippen molar-refractivity contribution in [1.29, 1.82) is 0 Å². The minimum Gasteiger partial charge on any atom is -0.444 e. The SMILES string of the molecule is CCCCCCC(=O)OCn1c(=O)c(C(F)(F)F)cn([C@@H]2CC(O)[C@H](CO)O2)c1=O. The molecule has 0 saturated carbocycles. The van der Waals surface area contributed by atoms with Crippen LogP contribution in [0.15, 0.2) is 15.8 Å². The minimum atomic E-state index is -5.08. The molecule has 1 saturated heterocycles. The van der Waals surface area contributed by atoms with Gasteiger partial charge in [-0.15, -0.1) is 0 Å². The molecule has 1 unspecified atom stereocenters. The van der Waals surface area contributed by atoms with Crippen molar-refractivity contribution in [2.24, 2.45) is 0 Å². The van der Waals surface area contributed by atoms with E-state index in [1.807, 2.05) is 6.92 Å². The molecule has 1 aliphatic heterocycles. The second-order valence-electron chi connectivity index (χ2n) is 7.03. The Labute approximate surface area is 169 Å². The smallest absolute Gasteiger partial charge is 0.423 e. The first-order valence-corrected chi connectivity index (χ1v) is 9.63. The molecule has 0 aromatic carbocycles. The van der Waals surface area contributed by atoms with E-state index in [4.69, 9.17) is 14.6 Å². The van der Waals surface area contributed by atoms with Crippen LogP contribution >= 0.6 is 0 Å². The van der Waals surface area contributed by atoms with Gasteiger partial charge in [0.05, 0.1) is 12.7 Å². The number of unbranched alkanes of at least 4 members (excludes halogenated alkanes) is 3. The highest BCUT2D eigenvalue weighted by molar-refractivity contribution is 5.69. The van der Waals surface area contributed by atoms with Gasteiger partial charge in [0, 0.05) is 19.0 Å². The summed E-state index contributed by atoms with van der Waals surface area (Å²) >= 11 is 0. The molecule has 0 spiro atoms. The molecular formula is C18H25F3N2O7. The summed E-state index contributed by atoms with van der Waals surface area (Å²) in [7, 11) is 0. The highest BCUT2D eigenvalue weighted by Crippen LogP contribution is 2.30. The number of aromatic nitrogens is 2. The van der Waals surface area contributed by atoms with Crippen molar-refractivity contribution in [3.63, 3.8) is 0 Å². The van der Waals surface area contributed by atoms with Crippen molar-refractivity contribution in [3.05, 3.63) is 32.6 Å². The first-order chi connectivity index (χ1) is 14.1. The van der Waals surface area contributed by atoms with Gasteiger partial charge in [-0.3, -0.25) is 14.2 Å². The maximum atomic E-state index is 13.3. The summed E-state index contributed by atoms with van der Waals surface area (Å²) < 4.78 is 50.7. The quantitative estimate of drug-likeness (QED) is 0.438. The lowest BCUT2D eigenvalue weighted by Crippen LogP contribution is -2.45. The molecular weight excluding hydrogens is 413 g/mol. The fourth-order valence-corrected chi connectivity index (χ4v) is 3.09. The number of halogens is 3. The van der Waals surface area contributed by atoms with E-state index in [1.165, 1.54) is 0 Å². The molecule has 2 heterocycles. The van der Waals surface area contributed by atoms with Gasteiger partial charge >= 0.3 is 17.8 Å². The molecule has 0 radical (unpaired) electrons. The van der Waals surface area contributed by atoms with E-state index < -0.39 is 60.7 Å². The molecule has 170 valence electrons. The third-order valence-electron chi connectivity index (χ3n) is 4.78. The van der Waals surface area contributed by atoms with Gasteiger partial charge < -0.3 is 19.7 Å². The molecule has 0 bridgehead atoms. The second-order valence-corrected chi connectivity index (χ2v) is 7.03. The Morgan fingerprint density at radius 2 is 2.00 bits per heavy atom. The van der Waals surface area contributed by atoms with Crippen molar-refractivity contribution >= 4 is 5.97 Å². The number of carbonyl (C=O) groups excluding carboxylic acids is 1. The van der Waals surface area contributed by atoms with Crippen LogP contribution in [0.4, 0.5) is 13.2 Å². The Morgan fingerprint density at radius 3 is 2.57 bits per heavy atom. The van der Waals surface area contributed by atoms with E-state index in [2.05, 4.69) is 0 Å². The number of esters is 1. The number of aliphatic hydroxyl groups excluding tert-OH is 2. The Bertz CT molecular complexity index is 850. The van der Waals surface area contributed by atoms with E-state index in [9.17, 15) is 32.7 Å². The number of nitrogens with zero attached hydrogens (tertiary/aromatic N) is 2. The number of rotatable bonds is 9. The van der Waals surface area contributed by atoms with Gasteiger partial charge in [-0.05, 0) is 6.42 Å². The molecule has 2 rings (SSSR count). The first-order valence-electron chi connectivity index (χ1n) is 9.63. The van der Waals surface area contributed by atoms with Crippen LogP contribution < -0.4 is 11.2 Å². The standard InChI is InChI=1S/C18H25F3N2O7/c1-2-3-4-5-6-15(26)29-10-23-16(27)11(18(19,20)21)8-22(17(23)28)14-7-12(25)13(9-24)30-14/h8,12-14,24-25H,2-7,9-10H2,1H3/t12?,13-,14-/m0/s1. The van der Waals surface area contributed by atoms with Crippen LogP contribution in [0.2, 0.25) is 0 Å². The van der Waals surface area contributed by atoms with Crippen LogP contribution in [0.5, 0.6) is 0 Å². The molecule has 0 amide bonds. The molecule has 1 fully saturated rings. The van der Waals surface area contributed by atoms with Crippen molar-refractivity contribution < 1.29 is 37.7 Å². The van der Waals surface area contributed by atoms with Crippen LogP contribution in [0.1, 0.15) is 57.2 Å². The zero-order valence-electron chi connectivity index (χ0n) is 16.4. The molecule has 0 aliphatic carbocycles. The lowest BCUT2D eigenvalue weighted by molar-refractivity contribution is -0.148. The number of ether oxygens (including phenoxy) is 2. The lowest BCUT2D eigenvalue weighted by Gasteiger charge is -2.19. The molecule has 12 heteroatoms. The van der Waals surface area contributed by atoms with Crippen LogP contribution in [0, 0.1) is 0 Å². The monoisotopic (exact) mass is 438 g/mol. The van der Waals surface area contributed by atoms with Crippen molar-refractivity contribution in [2.45, 2.75) is 76.8 Å². The molecule has 2 N–H and O–H groups in total. The predicted octanol–water partition coefficient (Wildman–Crippen LogP) is 1.14. The normalized spacial score (nSPS) is 21.7. The summed E-state index contributed by atoms with van der Waals surface area (Å²) in [5.41, 5.74) is -4.49. The molecule has 1 aliphatic rings. The number of hydrogen-bond acceptors (Lipinski definition) is 7. The lowest BCUT2D eigenvalue weighted by atomic mass is 10.2. The summed E-state index contributed by atoms with van der Waals surface area (Å²) in [6, 6.07) is 0. The summed E-state index contributed by atoms with van der Waals surface area (Å²) in [5.74, 6) is -0.741. The summed E-state index contributed by atoms with van der Waals surface area (Å²) in [6.07, 6.45) is -5.49. The van der Waals surface area contributed by atoms with Crippen molar-refractivity contribution in [1.82, 2.24) is 9.13 Å². The van der Waals surface area contributed by atoms with E-state index >= 15 is 0 Å². The number of aliphatic hydroxyl groups is 2. The fraction of sp³-hybridized carbons (Fsp3) is 0.722. The summed E-state index contributed by atoms with van der Waals surface area (Å²) in [5, 5.41) is 18.9. The van der Waals surface area contributed by atoms with E-state index in [-0.39, 0.29) is 17.4 Å². The number of alkyl halides is 3. The number of carbonyl (C=O) groups is 1. The largest absolute Gasteiger partial charge is 0.444 e. The van der Waals surface area contributed by atoms with Crippen LogP contribution in [0.25, 0.3) is 0 Å². The molecule has 1 aromatic rings. The van der Waals surface area contributed by atoms with Crippen LogP contribution in [-0.4, -0.2) is 44.1 Å². The summed E-state index contributed by atoms with van der Waals surface area (Å²) in [6.45, 7) is 0.403. The van der Waals surface area contributed by atoms with Gasteiger partial charge in [-0.25, -0.2) is 9.36 Å². The zero-order chi connectivity index (χ0) is 22.5. The maximum Gasteiger partial charge on any atom is 0.423 e. The van der Waals surface area contributed by atoms with E-state index in [0.29, 0.717) is 17.2 Å². The Hall–Kier alpha value is -2.18. The maximum absolute atomic E-state index is 13.3. The molecule has 30 heavy (non-hydrogen) atoms. The van der Waals surface area contributed by atoms with Crippen molar-refractivity contribution in [3.8, 4) is 0 Å². The van der Waals surface area contributed by atoms with Crippen LogP contribution in [0.3, 0.4) is 0 Å². The second kappa shape index (κ2) is 10.2. The summed E-state index contributed by atoms with van der Waals surface area (Å²) in [4.78, 5) is 36.6. The van der Waals surface area contributed by atoms with Crippen LogP contribution in [-0.2, 0) is 27.2 Å². The first kappa shape index (κ1) is 24.1. The van der Waals surface area contributed by atoms with Gasteiger partial charge in [-0.2, -0.15) is 13.2 Å². The molecule has 1 aromatic heterocycles. The van der Waals surface area contributed by atoms with Gasteiger partial charge in [0.1, 0.15) is 17.9 Å². The topological polar surface area (TPSA) is 120 Å².